The van der Waals surface area contributed by atoms with Gasteiger partial charge in [0.1, 0.15) is 11.9 Å². The summed E-state index contributed by atoms with van der Waals surface area (Å²) in [4.78, 5) is 13.8. The molecule has 0 unspecified atom stereocenters. The first-order chi connectivity index (χ1) is 13.5. The zero-order valence-corrected chi connectivity index (χ0v) is 16.7. The van der Waals surface area contributed by atoms with Crippen LogP contribution in [0, 0.1) is 5.92 Å². The lowest BCUT2D eigenvalue weighted by Gasteiger charge is -2.26. The molecule has 0 aromatic carbocycles. The van der Waals surface area contributed by atoms with E-state index in [9.17, 15) is 15.3 Å². The second-order valence-electron chi connectivity index (χ2n) is 7.90. The van der Waals surface area contributed by atoms with Crippen LogP contribution < -0.4 is 4.74 Å². The van der Waals surface area contributed by atoms with E-state index in [0.29, 0.717) is 23.1 Å². The fraction of sp³-hybridized carbons (Fsp3) is 0.667. The number of hydrogen-bond acceptors (Lipinski definition) is 7. The summed E-state index contributed by atoms with van der Waals surface area (Å²) < 4.78 is 5.70. The Labute approximate surface area is 165 Å². The maximum absolute atomic E-state index is 9.85. The van der Waals surface area contributed by atoms with Gasteiger partial charge in [-0.3, -0.25) is 0 Å². The first-order valence-corrected chi connectivity index (χ1v) is 10.3. The Bertz CT molecular complexity index is 774. The van der Waals surface area contributed by atoms with E-state index >= 15 is 0 Å². The molecule has 0 amide bonds. The van der Waals surface area contributed by atoms with Crippen molar-refractivity contribution in [2.45, 2.75) is 70.5 Å². The van der Waals surface area contributed by atoms with Gasteiger partial charge in [0.15, 0.2) is 0 Å². The van der Waals surface area contributed by atoms with E-state index in [1.165, 1.54) is 0 Å². The molecule has 0 saturated heterocycles. The minimum atomic E-state index is -0.730. The van der Waals surface area contributed by atoms with E-state index in [2.05, 4.69) is 23.8 Å². The van der Waals surface area contributed by atoms with Crippen molar-refractivity contribution in [3.05, 3.63) is 23.8 Å². The molecule has 3 rings (SSSR count). The lowest BCUT2D eigenvalue weighted by Crippen LogP contribution is -2.26. The average molecular weight is 389 g/mol. The molecule has 2 heterocycles. The molecule has 28 heavy (non-hydrogen) atoms. The highest BCUT2D eigenvalue weighted by molar-refractivity contribution is 5.85. The second-order valence-corrected chi connectivity index (χ2v) is 7.90. The quantitative estimate of drug-likeness (QED) is 0.636. The van der Waals surface area contributed by atoms with Crippen LogP contribution in [0.15, 0.2) is 12.4 Å². The third-order valence-electron chi connectivity index (χ3n) is 5.71. The minimum absolute atomic E-state index is 0.219. The number of aliphatic hydroxyl groups is 3. The first kappa shape index (κ1) is 20.9. The Hall–Kier alpha value is -1.83. The number of hydrogen-bond donors (Lipinski definition) is 3. The van der Waals surface area contributed by atoms with E-state index < -0.39 is 6.10 Å². The Morgan fingerprint density at radius 2 is 1.82 bits per heavy atom. The molecular formula is C21H31N3O4. The fourth-order valence-electron chi connectivity index (χ4n) is 3.68. The number of aliphatic hydroxyl groups excluding tert-OH is 3. The Morgan fingerprint density at radius 3 is 2.46 bits per heavy atom. The molecular weight excluding hydrogens is 358 g/mol. The summed E-state index contributed by atoms with van der Waals surface area (Å²) in [5.74, 6) is 1.93. The van der Waals surface area contributed by atoms with Crippen LogP contribution >= 0.6 is 0 Å². The highest BCUT2D eigenvalue weighted by Gasteiger charge is 2.25. The Kier molecular flexibility index (Phi) is 7.15. The molecule has 2 aromatic heterocycles. The van der Waals surface area contributed by atoms with Crippen LogP contribution in [-0.4, -0.2) is 55.7 Å². The molecule has 2 aromatic rings. The molecule has 0 spiro atoms. The molecule has 7 heteroatoms. The van der Waals surface area contributed by atoms with E-state index in [0.717, 1.165) is 55.4 Å². The van der Waals surface area contributed by atoms with Crippen molar-refractivity contribution in [2.24, 2.45) is 5.92 Å². The van der Waals surface area contributed by atoms with Crippen molar-refractivity contribution in [1.82, 2.24) is 15.0 Å². The summed E-state index contributed by atoms with van der Waals surface area (Å²) in [7, 11) is 0. The molecule has 3 N–H and O–H groups in total. The summed E-state index contributed by atoms with van der Waals surface area (Å²) in [6.07, 6.45) is 7.84. The van der Waals surface area contributed by atoms with Gasteiger partial charge < -0.3 is 20.1 Å². The van der Waals surface area contributed by atoms with Gasteiger partial charge in [-0.05, 0) is 37.5 Å². The maximum Gasteiger partial charge on any atom is 0.224 e. The van der Waals surface area contributed by atoms with E-state index in [1.54, 1.807) is 12.4 Å². The molecule has 0 bridgehead atoms. The van der Waals surface area contributed by atoms with Gasteiger partial charge in [-0.1, -0.05) is 20.3 Å². The predicted molar refractivity (Wildman–Crippen MR) is 106 cm³/mol. The van der Waals surface area contributed by atoms with Crippen LogP contribution in [0.5, 0.6) is 5.88 Å². The van der Waals surface area contributed by atoms with Crippen LogP contribution in [0.1, 0.15) is 63.3 Å². The van der Waals surface area contributed by atoms with Gasteiger partial charge in [-0.25, -0.2) is 15.0 Å². The third-order valence-corrected chi connectivity index (χ3v) is 5.71. The number of ether oxygens (including phenoxy) is 1. The molecule has 0 aliphatic heterocycles. The zero-order chi connectivity index (χ0) is 20.1. The number of rotatable bonds is 8. The number of nitrogens with zero attached hydrogens (tertiary/aromatic N) is 3. The van der Waals surface area contributed by atoms with Crippen LogP contribution in [0.2, 0.25) is 0 Å². The topological polar surface area (TPSA) is 109 Å². The van der Waals surface area contributed by atoms with E-state index in [4.69, 9.17) is 9.72 Å². The zero-order valence-electron chi connectivity index (χ0n) is 16.7. The van der Waals surface area contributed by atoms with Gasteiger partial charge in [-0.2, -0.15) is 0 Å². The van der Waals surface area contributed by atoms with Crippen molar-refractivity contribution in [3.63, 3.8) is 0 Å². The highest BCUT2D eigenvalue weighted by Crippen LogP contribution is 2.37. The van der Waals surface area contributed by atoms with Crippen molar-refractivity contribution < 1.29 is 20.1 Å². The van der Waals surface area contributed by atoms with Crippen molar-refractivity contribution in [3.8, 4) is 5.88 Å². The summed E-state index contributed by atoms with van der Waals surface area (Å²) >= 11 is 0. The lowest BCUT2D eigenvalue weighted by atomic mass is 9.82. The number of pyridine rings is 1. The smallest absolute Gasteiger partial charge is 0.224 e. The summed E-state index contributed by atoms with van der Waals surface area (Å²) in [5.41, 5.74) is 1.89. The molecule has 7 nitrogen and oxygen atoms in total. The van der Waals surface area contributed by atoms with Crippen LogP contribution in [-0.2, 0) is 6.42 Å². The number of fused-ring (bicyclic) bond motifs is 1. The monoisotopic (exact) mass is 389 g/mol. The summed E-state index contributed by atoms with van der Waals surface area (Å²) in [6, 6.07) is 0. The van der Waals surface area contributed by atoms with Gasteiger partial charge in [0.25, 0.3) is 0 Å². The van der Waals surface area contributed by atoms with Gasteiger partial charge in [0, 0.05) is 24.4 Å². The van der Waals surface area contributed by atoms with Crippen molar-refractivity contribution in [1.29, 1.82) is 0 Å². The summed E-state index contributed by atoms with van der Waals surface area (Å²) in [5, 5.41) is 29.2. The molecule has 1 aliphatic rings. The molecule has 0 radical (unpaired) electrons. The molecule has 1 aliphatic carbocycles. The van der Waals surface area contributed by atoms with Gasteiger partial charge in [0.2, 0.25) is 5.88 Å². The molecule has 1 fully saturated rings. The normalized spacial score (nSPS) is 21.2. The highest BCUT2D eigenvalue weighted by atomic mass is 16.5. The fourth-order valence-corrected chi connectivity index (χ4v) is 3.68. The van der Waals surface area contributed by atoms with Crippen molar-refractivity contribution in [2.75, 3.05) is 13.2 Å². The van der Waals surface area contributed by atoms with Crippen LogP contribution in [0.3, 0.4) is 0 Å². The molecule has 1 atom stereocenters. The first-order valence-electron chi connectivity index (χ1n) is 10.3. The summed E-state index contributed by atoms with van der Waals surface area (Å²) in [6.45, 7) is 3.75. The Balaban J connectivity index is 2.01. The number of aromatic nitrogens is 3. The largest absolute Gasteiger partial charge is 0.469 e. The van der Waals surface area contributed by atoms with Crippen LogP contribution in [0.25, 0.3) is 10.9 Å². The maximum atomic E-state index is 9.85. The van der Waals surface area contributed by atoms with Crippen molar-refractivity contribution >= 4 is 10.9 Å². The predicted octanol–water partition coefficient (Wildman–Crippen LogP) is 2.36. The molecule has 154 valence electrons. The SMILES string of the molecule is CC[C@H](C)Cc1ncc2c(OC(CO)CO)ncc(C3CCC(O)CC3)c2n1. The lowest BCUT2D eigenvalue weighted by molar-refractivity contribution is 0.0608. The Morgan fingerprint density at radius 1 is 1.11 bits per heavy atom. The third kappa shape index (κ3) is 4.77. The van der Waals surface area contributed by atoms with Gasteiger partial charge in [-0.15, -0.1) is 0 Å². The standard InChI is InChI=1S/C21H31N3O4/c1-3-13(2)8-19-22-10-18-20(24-19)17(14-4-6-15(27)7-5-14)9-23-21(18)28-16(11-25)12-26/h9-10,13-16,25-27H,3-8,11-12H2,1-2H3/t13-,14?,15?/m0/s1. The average Bonchev–Trinajstić information content (AvgIpc) is 2.72. The second kappa shape index (κ2) is 9.58. The van der Waals surface area contributed by atoms with Gasteiger partial charge >= 0.3 is 0 Å². The van der Waals surface area contributed by atoms with Gasteiger partial charge in [0.05, 0.1) is 30.2 Å². The minimum Gasteiger partial charge on any atom is -0.469 e. The van der Waals surface area contributed by atoms with Crippen LogP contribution in [0.4, 0.5) is 0 Å². The molecule has 1 saturated carbocycles. The van der Waals surface area contributed by atoms with E-state index in [1.807, 2.05) is 0 Å². The van der Waals surface area contributed by atoms with E-state index in [-0.39, 0.29) is 19.3 Å².